The second-order valence-corrected chi connectivity index (χ2v) is 8.16. The van der Waals surface area contributed by atoms with E-state index >= 15 is 0 Å². The Balaban J connectivity index is 1.94. The molecule has 2 heterocycles. The molecule has 0 aromatic heterocycles. The highest BCUT2D eigenvalue weighted by Gasteiger charge is 2.58. The monoisotopic (exact) mass is 403 g/mol. The average molecular weight is 404 g/mol. The fourth-order valence-electron chi connectivity index (χ4n) is 4.31. The number of hydrogen-bond acceptors (Lipinski definition) is 5. The lowest BCUT2D eigenvalue weighted by Crippen LogP contribution is -2.45. The molecule has 1 amide bonds. The van der Waals surface area contributed by atoms with E-state index in [0.29, 0.717) is 24.3 Å². The molecule has 1 aromatic rings. The van der Waals surface area contributed by atoms with E-state index in [4.69, 9.17) is 9.47 Å². The number of rotatable bonds is 9. The van der Waals surface area contributed by atoms with Gasteiger partial charge >= 0.3 is 0 Å². The van der Waals surface area contributed by atoms with Crippen LogP contribution >= 0.6 is 0 Å². The summed E-state index contributed by atoms with van der Waals surface area (Å²) >= 11 is 0. The van der Waals surface area contributed by atoms with Crippen LogP contribution in [0.2, 0.25) is 0 Å². The van der Waals surface area contributed by atoms with Crippen LogP contribution in [0, 0.1) is 0 Å². The van der Waals surface area contributed by atoms with Gasteiger partial charge in [-0.15, -0.1) is 0 Å². The highest BCUT2D eigenvalue weighted by Crippen LogP contribution is 2.51. The number of aliphatic hydroxyl groups is 2. The van der Waals surface area contributed by atoms with Crippen molar-refractivity contribution in [2.75, 3.05) is 19.8 Å². The number of nitrogens with zero attached hydrogens (tertiary/aromatic N) is 1. The van der Waals surface area contributed by atoms with E-state index in [2.05, 4.69) is 6.92 Å². The molecule has 2 aliphatic heterocycles. The van der Waals surface area contributed by atoms with E-state index in [1.165, 1.54) is 0 Å². The summed E-state index contributed by atoms with van der Waals surface area (Å²) in [5, 5.41) is 20.3. The maximum Gasteiger partial charge on any atom is 0.260 e. The number of carbonyl (C=O) groups excluding carboxylic acids is 1. The van der Waals surface area contributed by atoms with E-state index in [9.17, 15) is 15.0 Å². The molecule has 0 saturated carbocycles. The average Bonchev–Trinajstić information content (AvgIpc) is 3.12. The van der Waals surface area contributed by atoms with Gasteiger partial charge in [0.05, 0.1) is 24.4 Å². The molecular formula is C23H33NO5. The van der Waals surface area contributed by atoms with Gasteiger partial charge in [-0.25, -0.2) is 0 Å². The van der Waals surface area contributed by atoms with Gasteiger partial charge in [-0.1, -0.05) is 43.9 Å². The summed E-state index contributed by atoms with van der Waals surface area (Å²) in [7, 11) is 0. The Morgan fingerprint density at radius 3 is 2.86 bits per heavy atom. The summed E-state index contributed by atoms with van der Waals surface area (Å²) in [5.41, 5.74) is 1.30. The first-order chi connectivity index (χ1) is 13.9. The highest BCUT2D eigenvalue weighted by atomic mass is 16.6. The first-order valence-corrected chi connectivity index (χ1v) is 10.6. The van der Waals surface area contributed by atoms with Crippen molar-refractivity contribution in [3.63, 3.8) is 0 Å². The Hall–Kier alpha value is -1.89. The van der Waals surface area contributed by atoms with Crippen LogP contribution in [0.4, 0.5) is 0 Å². The highest BCUT2D eigenvalue weighted by molar-refractivity contribution is 6.02. The van der Waals surface area contributed by atoms with Crippen molar-refractivity contribution in [3.05, 3.63) is 41.0 Å². The molecule has 1 spiro atoms. The molecular weight excluding hydrogens is 370 g/mol. The van der Waals surface area contributed by atoms with Gasteiger partial charge in [0.1, 0.15) is 12.4 Å². The van der Waals surface area contributed by atoms with E-state index in [0.717, 1.165) is 36.8 Å². The zero-order valence-electron chi connectivity index (χ0n) is 17.7. The molecule has 1 fully saturated rings. The summed E-state index contributed by atoms with van der Waals surface area (Å²) in [6.07, 6.45) is 5.19. The smallest absolute Gasteiger partial charge is 0.260 e. The molecule has 0 radical (unpaired) electrons. The number of β-amino-alcohol motifs (C(OH)–C–C–N with tert-alkyl or cyclic N) is 1. The van der Waals surface area contributed by atoms with Crippen molar-refractivity contribution < 1.29 is 24.5 Å². The van der Waals surface area contributed by atoms with Gasteiger partial charge < -0.3 is 24.6 Å². The van der Waals surface area contributed by atoms with E-state index < -0.39 is 11.8 Å². The number of fused-ring (bicyclic) bond motifs is 2. The number of carbonyl (C=O) groups is 1. The minimum atomic E-state index is -1.04. The predicted molar refractivity (Wildman–Crippen MR) is 111 cm³/mol. The maximum atomic E-state index is 13.3. The molecule has 6 heteroatoms. The lowest BCUT2D eigenvalue weighted by Gasteiger charge is -2.35. The molecule has 6 nitrogen and oxygen atoms in total. The van der Waals surface area contributed by atoms with E-state index in [1.54, 1.807) is 11.0 Å². The summed E-state index contributed by atoms with van der Waals surface area (Å²) in [5.74, 6) is 0.292. The number of ether oxygens (including phenoxy) is 2. The minimum absolute atomic E-state index is 0.148. The Labute approximate surface area is 173 Å². The fraction of sp³-hybridized carbons (Fsp3) is 0.609. The summed E-state index contributed by atoms with van der Waals surface area (Å²) in [6, 6.07) is 5.52. The quantitative estimate of drug-likeness (QED) is 0.488. The van der Waals surface area contributed by atoms with Crippen molar-refractivity contribution in [1.29, 1.82) is 0 Å². The van der Waals surface area contributed by atoms with Gasteiger partial charge in [0.2, 0.25) is 0 Å². The van der Waals surface area contributed by atoms with Crippen LogP contribution in [-0.2, 0) is 10.5 Å². The zero-order chi connectivity index (χ0) is 21.0. The predicted octanol–water partition coefficient (Wildman–Crippen LogP) is 3.36. The second kappa shape index (κ2) is 9.28. The Morgan fingerprint density at radius 2 is 2.17 bits per heavy atom. The van der Waals surface area contributed by atoms with Crippen LogP contribution in [0.5, 0.6) is 5.75 Å². The molecule has 3 atom stereocenters. The topological polar surface area (TPSA) is 79.2 Å². The molecule has 160 valence electrons. The summed E-state index contributed by atoms with van der Waals surface area (Å²) in [6.45, 7) is 6.48. The van der Waals surface area contributed by atoms with E-state index in [-0.39, 0.29) is 25.2 Å². The third-order valence-electron chi connectivity index (χ3n) is 5.75. The molecule has 0 aliphatic carbocycles. The van der Waals surface area contributed by atoms with E-state index in [1.807, 2.05) is 32.1 Å². The SMILES string of the molecule is CCCCC[C@H]1O[C@@]2(C[C@H]1O)c1cccc(OCC=C(C)C)c1C(=O)N2CCO. The van der Waals surface area contributed by atoms with Gasteiger partial charge in [0.25, 0.3) is 5.91 Å². The van der Waals surface area contributed by atoms with Crippen LogP contribution < -0.4 is 4.74 Å². The number of allylic oxidation sites excluding steroid dienone is 1. The van der Waals surface area contributed by atoms with Gasteiger partial charge in [-0.2, -0.15) is 0 Å². The third-order valence-corrected chi connectivity index (χ3v) is 5.75. The lowest BCUT2D eigenvalue weighted by atomic mass is 9.96. The van der Waals surface area contributed by atoms with Crippen molar-refractivity contribution in [2.45, 2.75) is 70.8 Å². The van der Waals surface area contributed by atoms with Crippen molar-refractivity contribution in [2.24, 2.45) is 0 Å². The minimum Gasteiger partial charge on any atom is -0.489 e. The van der Waals surface area contributed by atoms with Crippen LogP contribution in [-0.4, -0.2) is 53.0 Å². The number of amides is 1. The van der Waals surface area contributed by atoms with Crippen LogP contribution in [0.15, 0.2) is 29.8 Å². The van der Waals surface area contributed by atoms with Crippen molar-refractivity contribution in [1.82, 2.24) is 4.90 Å². The van der Waals surface area contributed by atoms with Gasteiger partial charge in [0.15, 0.2) is 5.72 Å². The molecule has 0 unspecified atom stereocenters. The molecule has 3 rings (SSSR count). The Bertz CT molecular complexity index is 758. The second-order valence-electron chi connectivity index (χ2n) is 8.16. The molecule has 0 bridgehead atoms. The number of hydrogen-bond donors (Lipinski definition) is 2. The third kappa shape index (κ3) is 4.20. The van der Waals surface area contributed by atoms with Crippen LogP contribution in [0.1, 0.15) is 68.8 Å². The zero-order valence-corrected chi connectivity index (χ0v) is 17.7. The first kappa shape index (κ1) is 21.8. The van der Waals surface area contributed by atoms with Crippen LogP contribution in [0.25, 0.3) is 0 Å². The summed E-state index contributed by atoms with van der Waals surface area (Å²) in [4.78, 5) is 14.9. The van der Waals surface area contributed by atoms with Gasteiger partial charge in [-0.05, 0) is 32.4 Å². The standard InChI is InChI=1S/C23H33NO5/c1-4-5-6-9-19-18(26)15-23(29-19)17-8-7-10-20(28-14-11-16(2)3)21(17)22(27)24(23)12-13-25/h7-8,10-11,18-19,25-26H,4-6,9,12-15H2,1-3H3/t18-,19-,23+/m1/s1. The van der Waals surface area contributed by atoms with Crippen LogP contribution in [0.3, 0.4) is 0 Å². The lowest BCUT2D eigenvalue weighted by molar-refractivity contribution is -0.135. The van der Waals surface area contributed by atoms with Gasteiger partial charge in [-0.3, -0.25) is 4.79 Å². The number of benzene rings is 1. The molecule has 2 aliphatic rings. The number of unbranched alkanes of at least 4 members (excludes halogenated alkanes) is 2. The first-order valence-electron chi connectivity index (χ1n) is 10.6. The molecule has 1 saturated heterocycles. The Kier molecular flexibility index (Phi) is 6.98. The molecule has 2 N–H and O–H groups in total. The normalized spacial score (nSPS) is 25.6. The summed E-state index contributed by atoms with van der Waals surface area (Å²) < 4.78 is 12.3. The molecule has 1 aromatic carbocycles. The van der Waals surface area contributed by atoms with Crippen molar-refractivity contribution in [3.8, 4) is 5.75 Å². The Morgan fingerprint density at radius 1 is 1.38 bits per heavy atom. The van der Waals surface area contributed by atoms with Gasteiger partial charge in [0, 0.05) is 18.5 Å². The molecule has 29 heavy (non-hydrogen) atoms. The number of aliphatic hydroxyl groups excluding tert-OH is 2. The maximum absolute atomic E-state index is 13.3. The largest absolute Gasteiger partial charge is 0.489 e. The van der Waals surface area contributed by atoms with Crippen molar-refractivity contribution >= 4 is 5.91 Å². The fourth-order valence-corrected chi connectivity index (χ4v) is 4.31.